The number of piperidine rings is 1. The number of hydrogen-bond acceptors (Lipinski definition) is 3. The number of carbonyl (C=O) groups is 2. The lowest BCUT2D eigenvalue weighted by Gasteiger charge is -2.31. The van der Waals surface area contributed by atoms with Gasteiger partial charge in [-0.05, 0) is 31.0 Å². The minimum Gasteiger partial charge on any atom is -0.396 e. The second-order valence-corrected chi connectivity index (χ2v) is 4.94. The third-order valence-corrected chi connectivity index (χ3v) is 3.57. The first-order valence-corrected chi connectivity index (χ1v) is 6.59. The highest BCUT2D eigenvalue weighted by Gasteiger charge is 2.28. The SMILES string of the molecule is CNC(=O)C1CCCN(C(=O)c2ccc(N)c(F)c2)C1. The summed E-state index contributed by atoms with van der Waals surface area (Å²) in [4.78, 5) is 25.5. The van der Waals surface area contributed by atoms with Gasteiger partial charge in [0.05, 0.1) is 11.6 Å². The lowest BCUT2D eigenvalue weighted by Crippen LogP contribution is -2.44. The molecule has 1 heterocycles. The van der Waals surface area contributed by atoms with Crippen molar-refractivity contribution in [2.75, 3.05) is 25.9 Å². The van der Waals surface area contributed by atoms with E-state index in [1.807, 2.05) is 0 Å². The van der Waals surface area contributed by atoms with Crippen LogP contribution in [0, 0.1) is 11.7 Å². The first kappa shape index (κ1) is 14.3. The topological polar surface area (TPSA) is 75.4 Å². The lowest BCUT2D eigenvalue weighted by molar-refractivity contribution is -0.125. The Hall–Kier alpha value is -2.11. The Morgan fingerprint density at radius 2 is 2.20 bits per heavy atom. The van der Waals surface area contributed by atoms with Crippen molar-refractivity contribution in [3.8, 4) is 0 Å². The summed E-state index contributed by atoms with van der Waals surface area (Å²) in [5.41, 5.74) is 5.67. The first-order valence-electron chi connectivity index (χ1n) is 6.59. The molecule has 1 aromatic carbocycles. The summed E-state index contributed by atoms with van der Waals surface area (Å²) in [6.45, 7) is 0.947. The largest absolute Gasteiger partial charge is 0.396 e. The molecule has 6 heteroatoms. The Morgan fingerprint density at radius 1 is 1.45 bits per heavy atom. The molecule has 1 atom stereocenters. The van der Waals surface area contributed by atoms with Crippen LogP contribution in [0.25, 0.3) is 0 Å². The summed E-state index contributed by atoms with van der Waals surface area (Å²) < 4.78 is 13.4. The van der Waals surface area contributed by atoms with Crippen LogP contribution in [-0.4, -0.2) is 36.9 Å². The number of rotatable bonds is 2. The second-order valence-electron chi connectivity index (χ2n) is 4.94. The Balaban J connectivity index is 2.12. The fraction of sp³-hybridized carbons (Fsp3) is 0.429. The summed E-state index contributed by atoms with van der Waals surface area (Å²) in [5, 5.41) is 2.60. The lowest BCUT2D eigenvalue weighted by atomic mass is 9.96. The molecule has 1 saturated heterocycles. The Labute approximate surface area is 116 Å². The van der Waals surface area contributed by atoms with Crippen LogP contribution in [0.4, 0.5) is 10.1 Å². The van der Waals surface area contributed by atoms with E-state index >= 15 is 0 Å². The van der Waals surface area contributed by atoms with Gasteiger partial charge >= 0.3 is 0 Å². The number of nitrogen functional groups attached to an aromatic ring is 1. The summed E-state index contributed by atoms with van der Waals surface area (Å²) >= 11 is 0. The van der Waals surface area contributed by atoms with Crippen molar-refractivity contribution >= 4 is 17.5 Å². The molecule has 0 radical (unpaired) electrons. The molecular formula is C14H18FN3O2. The molecule has 0 saturated carbocycles. The van der Waals surface area contributed by atoms with Crippen LogP contribution in [0.2, 0.25) is 0 Å². The molecule has 1 aliphatic rings. The van der Waals surface area contributed by atoms with Gasteiger partial charge in [-0.2, -0.15) is 0 Å². The molecule has 2 rings (SSSR count). The third-order valence-electron chi connectivity index (χ3n) is 3.57. The van der Waals surface area contributed by atoms with Gasteiger partial charge in [-0.15, -0.1) is 0 Å². The van der Waals surface area contributed by atoms with Crippen molar-refractivity contribution in [1.82, 2.24) is 10.2 Å². The van der Waals surface area contributed by atoms with Crippen molar-refractivity contribution in [3.05, 3.63) is 29.6 Å². The number of benzene rings is 1. The molecule has 0 spiro atoms. The number of likely N-dealkylation sites (tertiary alicyclic amines) is 1. The average Bonchev–Trinajstić information content (AvgIpc) is 2.48. The molecule has 0 bridgehead atoms. The van der Waals surface area contributed by atoms with Gasteiger partial charge in [0, 0.05) is 25.7 Å². The van der Waals surface area contributed by atoms with Gasteiger partial charge in [0.25, 0.3) is 5.91 Å². The maximum absolute atomic E-state index is 13.4. The molecule has 20 heavy (non-hydrogen) atoms. The first-order chi connectivity index (χ1) is 9.52. The van der Waals surface area contributed by atoms with Crippen LogP contribution in [0.15, 0.2) is 18.2 Å². The van der Waals surface area contributed by atoms with Crippen LogP contribution >= 0.6 is 0 Å². The van der Waals surface area contributed by atoms with Gasteiger partial charge in [0.2, 0.25) is 5.91 Å². The second kappa shape index (κ2) is 5.90. The number of anilines is 1. The summed E-state index contributed by atoms with van der Waals surface area (Å²) in [6, 6.07) is 4.02. The van der Waals surface area contributed by atoms with Crippen molar-refractivity contribution in [2.24, 2.45) is 5.92 Å². The van der Waals surface area contributed by atoms with Crippen LogP contribution in [0.5, 0.6) is 0 Å². The Kier molecular flexibility index (Phi) is 4.22. The summed E-state index contributed by atoms with van der Waals surface area (Å²) in [5.74, 6) is -1.13. The maximum Gasteiger partial charge on any atom is 0.253 e. The predicted molar refractivity (Wildman–Crippen MR) is 73.5 cm³/mol. The highest BCUT2D eigenvalue weighted by molar-refractivity contribution is 5.95. The summed E-state index contributed by atoms with van der Waals surface area (Å²) in [6.07, 6.45) is 1.53. The minimum atomic E-state index is -0.601. The van der Waals surface area contributed by atoms with E-state index in [0.29, 0.717) is 13.1 Å². The van der Waals surface area contributed by atoms with Gasteiger partial charge in [0.15, 0.2) is 0 Å². The predicted octanol–water partition coefficient (Wildman–Crippen LogP) is 1.01. The van der Waals surface area contributed by atoms with E-state index < -0.39 is 5.82 Å². The fourth-order valence-electron chi connectivity index (χ4n) is 2.42. The van der Waals surface area contributed by atoms with Gasteiger partial charge in [-0.3, -0.25) is 9.59 Å². The maximum atomic E-state index is 13.4. The third kappa shape index (κ3) is 2.89. The number of nitrogens with zero attached hydrogens (tertiary/aromatic N) is 1. The number of hydrogen-bond donors (Lipinski definition) is 2. The monoisotopic (exact) mass is 279 g/mol. The van der Waals surface area contributed by atoms with Crippen LogP contribution in [0.1, 0.15) is 23.2 Å². The molecule has 3 N–H and O–H groups in total. The molecule has 1 aromatic rings. The van der Waals surface area contributed by atoms with E-state index in [2.05, 4.69) is 5.32 Å². The number of carbonyl (C=O) groups excluding carboxylic acids is 2. The highest BCUT2D eigenvalue weighted by atomic mass is 19.1. The molecule has 0 aliphatic carbocycles. The van der Waals surface area contributed by atoms with Gasteiger partial charge in [-0.25, -0.2) is 4.39 Å². The van der Waals surface area contributed by atoms with E-state index in [9.17, 15) is 14.0 Å². The van der Waals surface area contributed by atoms with E-state index in [-0.39, 0.29) is 29.0 Å². The molecule has 0 aromatic heterocycles. The standard InChI is InChI=1S/C14H18FN3O2/c1-17-13(19)10-3-2-6-18(8-10)14(20)9-4-5-12(16)11(15)7-9/h4-5,7,10H,2-3,6,8,16H2,1H3,(H,17,19). The average molecular weight is 279 g/mol. The van der Waals surface area contributed by atoms with E-state index in [0.717, 1.165) is 18.9 Å². The fourth-order valence-corrected chi connectivity index (χ4v) is 2.42. The molecule has 5 nitrogen and oxygen atoms in total. The number of nitrogens with one attached hydrogen (secondary N) is 1. The van der Waals surface area contributed by atoms with Crippen molar-refractivity contribution in [2.45, 2.75) is 12.8 Å². The molecule has 1 unspecified atom stereocenters. The molecule has 1 aliphatic heterocycles. The number of amides is 2. The minimum absolute atomic E-state index is 0.0171. The van der Waals surface area contributed by atoms with Crippen LogP contribution < -0.4 is 11.1 Å². The number of nitrogens with two attached hydrogens (primary N) is 1. The van der Waals surface area contributed by atoms with E-state index in [1.165, 1.54) is 12.1 Å². The number of halogens is 1. The quantitative estimate of drug-likeness (QED) is 0.793. The van der Waals surface area contributed by atoms with Gasteiger partial charge in [-0.1, -0.05) is 0 Å². The van der Waals surface area contributed by atoms with E-state index in [4.69, 9.17) is 5.73 Å². The van der Waals surface area contributed by atoms with Gasteiger partial charge in [0.1, 0.15) is 5.82 Å². The normalized spacial score (nSPS) is 18.7. The molecular weight excluding hydrogens is 261 g/mol. The Morgan fingerprint density at radius 3 is 2.85 bits per heavy atom. The van der Waals surface area contributed by atoms with Crippen molar-refractivity contribution < 1.29 is 14.0 Å². The van der Waals surface area contributed by atoms with Crippen molar-refractivity contribution in [3.63, 3.8) is 0 Å². The van der Waals surface area contributed by atoms with Crippen molar-refractivity contribution in [1.29, 1.82) is 0 Å². The zero-order valence-corrected chi connectivity index (χ0v) is 11.4. The molecule has 2 amide bonds. The van der Waals surface area contributed by atoms with Crippen LogP contribution in [0.3, 0.4) is 0 Å². The zero-order valence-electron chi connectivity index (χ0n) is 11.4. The summed E-state index contributed by atoms with van der Waals surface area (Å²) in [7, 11) is 1.58. The Bertz CT molecular complexity index is 533. The van der Waals surface area contributed by atoms with Crippen LogP contribution in [-0.2, 0) is 4.79 Å². The smallest absolute Gasteiger partial charge is 0.253 e. The van der Waals surface area contributed by atoms with Gasteiger partial charge < -0.3 is 16.0 Å². The zero-order chi connectivity index (χ0) is 14.7. The molecule has 108 valence electrons. The molecule has 1 fully saturated rings. The van der Waals surface area contributed by atoms with E-state index in [1.54, 1.807) is 11.9 Å². The highest BCUT2D eigenvalue weighted by Crippen LogP contribution is 2.20.